The fourth-order valence-electron chi connectivity index (χ4n) is 3.10. The number of benzene rings is 2. The van der Waals surface area contributed by atoms with Crippen LogP contribution in [0.3, 0.4) is 0 Å². The topological polar surface area (TPSA) is 75.7 Å². The Hall–Kier alpha value is -2.52. The van der Waals surface area contributed by atoms with Crippen LogP contribution >= 0.6 is 0 Å². The highest BCUT2D eigenvalue weighted by Crippen LogP contribution is 2.26. The number of nitrogens with zero attached hydrogens (tertiary/aromatic N) is 1. The number of methoxy groups -OCH3 is 1. The minimum atomic E-state index is -3.78. The molecule has 0 radical (unpaired) electrons. The van der Waals surface area contributed by atoms with E-state index in [9.17, 15) is 22.0 Å². The molecule has 0 spiro atoms. The van der Waals surface area contributed by atoms with Crippen molar-refractivity contribution in [3.63, 3.8) is 0 Å². The lowest BCUT2D eigenvalue weighted by Gasteiger charge is -2.31. The van der Waals surface area contributed by atoms with E-state index in [1.165, 1.54) is 23.5 Å². The molecule has 0 aliphatic carbocycles. The maximum Gasteiger partial charge on any atom is 0.243 e. The number of sulfonamides is 1. The number of ether oxygens (including phenoxy) is 1. The Morgan fingerprint density at radius 3 is 2.57 bits per heavy atom. The van der Waals surface area contributed by atoms with Crippen molar-refractivity contribution in [1.82, 2.24) is 4.31 Å². The normalized spacial score (nSPS) is 17.9. The van der Waals surface area contributed by atoms with Crippen LogP contribution in [0.4, 0.5) is 14.5 Å². The predicted molar refractivity (Wildman–Crippen MR) is 99.5 cm³/mol. The lowest BCUT2D eigenvalue weighted by atomic mass is 9.98. The first-order valence-corrected chi connectivity index (χ1v) is 10.2. The van der Waals surface area contributed by atoms with Crippen LogP contribution in [-0.4, -0.2) is 38.8 Å². The molecule has 6 nitrogen and oxygen atoms in total. The quantitative estimate of drug-likeness (QED) is 0.822. The van der Waals surface area contributed by atoms with Crippen molar-refractivity contribution in [2.75, 3.05) is 25.5 Å². The van der Waals surface area contributed by atoms with Crippen LogP contribution in [-0.2, 0) is 14.8 Å². The summed E-state index contributed by atoms with van der Waals surface area (Å²) in [6.07, 6.45) is 0.941. The minimum absolute atomic E-state index is 0.0306. The zero-order valence-electron chi connectivity index (χ0n) is 15.2. The Kier molecular flexibility index (Phi) is 5.95. The van der Waals surface area contributed by atoms with Gasteiger partial charge in [0.2, 0.25) is 15.9 Å². The molecule has 1 atom stereocenters. The van der Waals surface area contributed by atoms with Crippen molar-refractivity contribution in [2.24, 2.45) is 5.92 Å². The van der Waals surface area contributed by atoms with Gasteiger partial charge in [-0.3, -0.25) is 4.79 Å². The van der Waals surface area contributed by atoms with Crippen LogP contribution in [0.1, 0.15) is 12.8 Å². The molecule has 0 bridgehead atoms. The first kappa shape index (κ1) is 20.2. The van der Waals surface area contributed by atoms with Crippen molar-refractivity contribution in [1.29, 1.82) is 0 Å². The van der Waals surface area contributed by atoms with Crippen LogP contribution in [0, 0.1) is 17.6 Å². The summed E-state index contributed by atoms with van der Waals surface area (Å²) in [6.45, 7) is 0.254. The smallest absolute Gasteiger partial charge is 0.243 e. The van der Waals surface area contributed by atoms with E-state index in [1.54, 1.807) is 12.1 Å². The molecule has 1 saturated heterocycles. The molecular formula is C19H20F2N2O4S. The first-order chi connectivity index (χ1) is 13.3. The van der Waals surface area contributed by atoms with E-state index in [0.29, 0.717) is 18.6 Å². The van der Waals surface area contributed by atoms with Crippen molar-refractivity contribution in [3.8, 4) is 5.75 Å². The van der Waals surface area contributed by atoms with Crippen LogP contribution < -0.4 is 10.1 Å². The van der Waals surface area contributed by atoms with Gasteiger partial charge >= 0.3 is 0 Å². The fraction of sp³-hybridized carbons (Fsp3) is 0.316. The summed E-state index contributed by atoms with van der Waals surface area (Å²) in [7, 11) is -2.29. The van der Waals surface area contributed by atoms with Gasteiger partial charge in [0, 0.05) is 19.2 Å². The van der Waals surface area contributed by atoms with Crippen molar-refractivity contribution < 1.29 is 26.7 Å². The Morgan fingerprint density at radius 2 is 1.89 bits per heavy atom. The molecule has 1 N–H and O–H groups in total. The van der Waals surface area contributed by atoms with Gasteiger partial charge in [0.05, 0.1) is 23.6 Å². The molecule has 0 aromatic heterocycles. The highest BCUT2D eigenvalue weighted by atomic mass is 32.2. The lowest BCUT2D eigenvalue weighted by Crippen LogP contribution is -2.43. The molecule has 1 fully saturated rings. The number of carbonyl (C=O) groups is 1. The number of nitrogens with one attached hydrogen (secondary N) is 1. The van der Waals surface area contributed by atoms with Gasteiger partial charge in [0.25, 0.3) is 0 Å². The zero-order valence-corrected chi connectivity index (χ0v) is 16.0. The number of hydrogen-bond acceptors (Lipinski definition) is 4. The third-order valence-corrected chi connectivity index (χ3v) is 6.52. The second-order valence-corrected chi connectivity index (χ2v) is 8.43. The second kappa shape index (κ2) is 8.24. The molecule has 0 unspecified atom stereocenters. The maximum atomic E-state index is 13.7. The van der Waals surface area contributed by atoms with Gasteiger partial charge in [-0.1, -0.05) is 0 Å². The van der Waals surface area contributed by atoms with Gasteiger partial charge in [0.1, 0.15) is 17.4 Å². The first-order valence-electron chi connectivity index (χ1n) is 8.71. The summed E-state index contributed by atoms with van der Waals surface area (Å²) in [6, 6.07) is 8.75. The Balaban J connectivity index is 1.73. The molecule has 150 valence electrons. The average molecular weight is 410 g/mol. The maximum absolute atomic E-state index is 13.7. The zero-order chi connectivity index (χ0) is 20.3. The molecule has 3 rings (SSSR count). The second-order valence-electron chi connectivity index (χ2n) is 6.49. The van der Waals surface area contributed by atoms with Gasteiger partial charge in [0.15, 0.2) is 0 Å². The number of halogens is 2. The molecule has 28 heavy (non-hydrogen) atoms. The Labute approximate surface area is 162 Å². The number of piperidine rings is 1. The predicted octanol–water partition coefficient (Wildman–Crippen LogP) is 3.01. The summed E-state index contributed by atoms with van der Waals surface area (Å²) < 4.78 is 59.0. The van der Waals surface area contributed by atoms with Crippen molar-refractivity contribution in [3.05, 3.63) is 54.1 Å². The van der Waals surface area contributed by atoms with Gasteiger partial charge in [-0.15, -0.1) is 0 Å². The standard InChI is InChI=1S/C19H20F2N2O4S/c1-27-15-5-7-16(8-6-15)28(25,26)23-10-2-3-13(12-23)19(24)22-18-11-14(20)4-9-17(18)21/h4-9,11,13H,2-3,10,12H2,1H3,(H,22,24)/t13-/m1/s1. The molecule has 1 aliphatic heterocycles. The highest BCUT2D eigenvalue weighted by molar-refractivity contribution is 7.89. The lowest BCUT2D eigenvalue weighted by molar-refractivity contribution is -0.120. The van der Waals surface area contributed by atoms with Gasteiger partial charge in [-0.2, -0.15) is 4.31 Å². The monoisotopic (exact) mass is 410 g/mol. The van der Waals surface area contributed by atoms with E-state index in [-0.39, 0.29) is 23.7 Å². The Bertz CT molecular complexity index is 964. The molecule has 0 saturated carbocycles. The summed E-state index contributed by atoms with van der Waals surface area (Å²) in [4.78, 5) is 12.6. The summed E-state index contributed by atoms with van der Waals surface area (Å²) in [5, 5.41) is 2.36. The summed E-state index contributed by atoms with van der Waals surface area (Å²) in [5.41, 5.74) is -0.264. The van der Waals surface area contributed by atoms with Crippen LogP contribution in [0.15, 0.2) is 47.4 Å². The molecule has 2 aromatic rings. The van der Waals surface area contributed by atoms with E-state index in [2.05, 4.69) is 5.32 Å². The van der Waals surface area contributed by atoms with Gasteiger partial charge in [-0.25, -0.2) is 17.2 Å². The number of rotatable bonds is 5. The third kappa shape index (κ3) is 4.31. The fourth-order valence-corrected chi connectivity index (χ4v) is 4.62. The van der Waals surface area contributed by atoms with E-state index >= 15 is 0 Å². The molecular weight excluding hydrogens is 390 g/mol. The van der Waals surface area contributed by atoms with Gasteiger partial charge in [-0.05, 0) is 49.2 Å². The number of carbonyl (C=O) groups excluding carboxylic acids is 1. The molecule has 2 aromatic carbocycles. The largest absolute Gasteiger partial charge is 0.497 e. The number of hydrogen-bond donors (Lipinski definition) is 1. The van der Waals surface area contributed by atoms with E-state index < -0.39 is 33.5 Å². The van der Waals surface area contributed by atoms with Crippen LogP contribution in [0.5, 0.6) is 5.75 Å². The SMILES string of the molecule is COc1ccc(S(=O)(=O)N2CCC[C@@H](C(=O)Nc3cc(F)ccc3F)C2)cc1. The minimum Gasteiger partial charge on any atom is -0.497 e. The molecule has 9 heteroatoms. The molecule has 1 amide bonds. The molecule has 1 heterocycles. The highest BCUT2D eigenvalue weighted by Gasteiger charge is 2.33. The van der Waals surface area contributed by atoms with Crippen molar-refractivity contribution in [2.45, 2.75) is 17.7 Å². The molecule has 1 aliphatic rings. The van der Waals surface area contributed by atoms with Crippen LogP contribution in [0.2, 0.25) is 0 Å². The van der Waals surface area contributed by atoms with E-state index in [0.717, 1.165) is 18.2 Å². The summed E-state index contributed by atoms with van der Waals surface area (Å²) in [5.74, 6) is -2.10. The summed E-state index contributed by atoms with van der Waals surface area (Å²) >= 11 is 0. The van der Waals surface area contributed by atoms with E-state index in [4.69, 9.17) is 4.74 Å². The van der Waals surface area contributed by atoms with Gasteiger partial charge < -0.3 is 10.1 Å². The number of anilines is 1. The number of amides is 1. The average Bonchev–Trinajstić information content (AvgIpc) is 2.71. The third-order valence-electron chi connectivity index (χ3n) is 4.64. The van der Waals surface area contributed by atoms with Crippen LogP contribution in [0.25, 0.3) is 0 Å². The van der Waals surface area contributed by atoms with E-state index in [1.807, 2.05) is 0 Å². The van der Waals surface area contributed by atoms with Crippen molar-refractivity contribution >= 4 is 21.6 Å². The Morgan fingerprint density at radius 1 is 1.18 bits per heavy atom.